The molecule has 0 atom stereocenters. The molecule has 1 aromatic rings. The van der Waals surface area contributed by atoms with E-state index in [0.717, 1.165) is 5.56 Å². The fraction of sp³-hybridized carbons (Fsp3) is 0.467. The van der Waals surface area contributed by atoms with E-state index in [1.54, 1.807) is 0 Å². The van der Waals surface area contributed by atoms with Gasteiger partial charge in [-0.15, -0.1) is 5.92 Å². The second-order valence-electron chi connectivity index (χ2n) is 4.67. The summed E-state index contributed by atoms with van der Waals surface area (Å²) in [5.74, 6) is 6.22. The number of hydrogen-bond acceptors (Lipinski definition) is 2. The Labute approximate surface area is 111 Å². The van der Waals surface area contributed by atoms with E-state index in [1.165, 1.54) is 0 Å². The average Bonchev–Trinajstić information content (AvgIpc) is 2.28. The summed E-state index contributed by atoms with van der Waals surface area (Å²) in [5.41, 5.74) is 1.02. The van der Waals surface area contributed by atoms with Gasteiger partial charge in [-0.2, -0.15) is 0 Å². The lowest BCUT2D eigenvalue weighted by molar-refractivity contribution is 0.132. The Bertz CT molecular complexity index is 380. The minimum absolute atomic E-state index is 0.146. The van der Waals surface area contributed by atoms with Crippen molar-refractivity contribution in [2.24, 2.45) is 0 Å². The summed E-state index contributed by atoms with van der Waals surface area (Å²) in [6, 6.07) is 9.94. The van der Waals surface area contributed by atoms with Crippen LogP contribution in [0.2, 0.25) is 6.32 Å². The molecule has 0 saturated carbocycles. The highest BCUT2D eigenvalue weighted by Gasteiger charge is 2.19. The molecule has 3 heteroatoms. The Morgan fingerprint density at radius 3 is 2.06 bits per heavy atom. The van der Waals surface area contributed by atoms with Crippen molar-refractivity contribution in [2.45, 2.75) is 46.2 Å². The molecule has 0 bridgehead atoms. The molecule has 0 fully saturated rings. The molecule has 0 aliphatic rings. The molecular formula is C15H21BO2. The van der Waals surface area contributed by atoms with Crippen molar-refractivity contribution in [3.8, 4) is 11.8 Å². The van der Waals surface area contributed by atoms with Gasteiger partial charge in [0.05, 0.1) is 0 Å². The standard InChI is InChI=1S/C15H21BO2/c1-13(2)17-16(18-14(3)4)12-8-11-15-9-6-5-7-10-15/h5-7,9-10,13-14H,12H2,1-4H3. The van der Waals surface area contributed by atoms with Crippen LogP contribution < -0.4 is 0 Å². The predicted molar refractivity (Wildman–Crippen MR) is 76.3 cm³/mol. The first-order valence-corrected chi connectivity index (χ1v) is 6.42. The van der Waals surface area contributed by atoms with E-state index in [1.807, 2.05) is 58.0 Å². The summed E-state index contributed by atoms with van der Waals surface area (Å²) in [7, 11) is -0.249. The normalized spacial score (nSPS) is 10.3. The molecule has 0 unspecified atom stereocenters. The van der Waals surface area contributed by atoms with Crippen LogP contribution in [0.25, 0.3) is 0 Å². The highest BCUT2D eigenvalue weighted by atomic mass is 16.6. The van der Waals surface area contributed by atoms with E-state index >= 15 is 0 Å². The van der Waals surface area contributed by atoms with Crippen LogP contribution in [0.5, 0.6) is 0 Å². The fourth-order valence-corrected chi connectivity index (χ4v) is 1.49. The zero-order chi connectivity index (χ0) is 13.4. The van der Waals surface area contributed by atoms with E-state index in [2.05, 4.69) is 11.8 Å². The predicted octanol–water partition coefficient (Wildman–Crippen LogP) is 3.38. The minimum atomic E-state index is -0.249. The number of rotatable bonds is 5. The van der Waals surface area contributed by atoms with Gasteiger partial charge in [-0.3, -0.25) is 0 Å². The van der Waals surface area contributed by atoms with Gasteiger partial charge >= 0.3 is 7.12 Å². The van der Waals surface area contributed by atoms with Crippen LogP contribution in [-0.2, 0) is 9.31 Å². The topological polar surface area (TPSA) is 18.5 Å². The summed E-state index contributed by atoms with van der Waals surface area (Å²) in [6.07, 6.45) is 0.880. The van der Waals surface area contributed by atoms with E-state index in [9.17, 15) is 0 Å². The van der Waals surface area contributed by atoms with E-state index in [-0.39, 0.29) is 19.3 Å². The van der Waals surface area contributed by atoms with E-state index in [4.69, 9.17) is 9.31 Å². The second-order valence-corrected chi connectivity index (χ2v) is 4.67. The smallest absolute Gasteiger partial charge is 0.408 e. The molecular weight excluding hydrogens is 223 g/mol. The maximum atomic E-state index is 5.67. The highest BCUT2D eigenvalue weighted by Crippen LogP contribution is 2.04. The van der Waals surface area contributed by atoms with Gasteiger partial charge in [0.1, 0.15) is 0 Å². The van der Waals surface area contributed by atoms with Crippen LogP contribution in [0, 0.1) is 11.8 Å². The van der Waals surface area contributed by atoms with Crippen molar-refractivity contribution < 1.29 is 9.31 Å². The van der Waals surface area contributed by atoms with Crippen molar-refractivity contribution >= 4 is 7.12 Å². The van der Waals surface area contributed by atoms with Crippen molar-refractivity contribution in [1.82, 2.24) is 0 Å². The van der Waals surface area contributed by atoms with E-state index < -0.39 is 0 Å². The Morgan fingerprint density at radius 1 is 1.00 bits per heavy atom. The molecule has 0 saturated heterocycles. The SMILES string of the molecule is CC(C)OB(CC#Cc1ccccc1)OC(C)C. The molecule has 0 heterocycles. The Morgan fingerprint density at radius 2 is 1.56 bits per heavy atom. The first-order chi connectivity index (χ1) is 8.58. The fourth-order valence-electron chi connectivity index (χ4n) is 1.49. The van der Waals surface area contributed by atoms with Crippen LogP contribution in [-0.4, -0.2) is 19.3 Å². The minimum Gasteiger partial charge on any atom is -0.408 e. The molecule has 0 aliphatic carbocycles. The first kappa shape index (κ1) is 14.8. The lowest BCUT2D eigenvalue weighted by Crippen LogP contribution is -2.28. The molecule has 0 aliphatic heterocycles. The molecule has 96 valence electrons. The summed E-state index contributed by atoms with van der Waals surface area (Å²) < 4.78 is 11.3. The van der Waals surface area contributed by atoms with Gasteiger partial charge in [-0.05, 0) is 39.8 Å². The molecule has 1 aromatic carbocycles. The monoisotopic (exact) mass is 244 g/mol. The van der Waals surface area contributed by atoms with Crippen molar-refractivity contribution in [1.29, 1.82) is 0 Å². The van der Waals surface area contributed by atoms with Crippen LogP contribution >= 0.6 is 0 Å². The Balaban J connectivity index is 2.53. The Kier molecular flexibility index (Phi) is 6.56. The lowest BCUT2D eigenvalue weighted by atomic mass is 9.84. The molecule has 2 nitrogen and oxygen atoms in total. The lowest BCUT2D eigenvalue weighted by Gasteiger charge is -2.17. The largest absolute Gasteiger partial charge is 0.469 e. The van der Waals surface area contributed by atoms with Gasteiger partial charge in [0, 0.05) is 24.1 Å². The van der Waals surface area contributed by atoms with Gasteiger partial charge in [0.2, 0.25) is 0 Å². The van der Waals surface area contributed by atoms with Crippen molar-refractivity contribution in [3.63, 3.8) is 0 Å². The van der Waals surface area contributed by atoms with Crippen LogP contribution in [0.4, 0.5) is 0 Å². The van der Waals surface area contributed by atoms with Gasteiger partial charge in [0.25, 0.3) is 0 Å². The number of hydrogen-bond donors (Lipinski definition) is 0. The third-order valence-electron chi connectivity index (χ3n) is 2.12. The van der Waals surface area contributed by atoms with Gasteiger partial charge < -0.3 is 9.31 Å². The molecule has 0 radical (unpaired) electrons. The second kappa shape index (κ2) is 7.97. The van der Waals surface area contributed by atoms with Gasteiger partial charge in [-0.25, -0.2) is 0 Å². The van der Waals surface area contributed by atoms with Crippen LogP contribution in [0.1, 0.15) is 33.3 Å². The maximum absolute atomic E-state index is 5.67. The molecule has 0 amide bonds. The number of benzene rings is 1. The van der Waals surface area contributed by atoms with Gasteiger partial charge in [-0.1, -0.05) is 24.1 Å². The average molecular weight is 244 g/mol. The molecule has 0 aromatic heterocycles. The Hall–Kier alpha value is -1.24. The third-order valence-corrected chi connectivity index (χ3v) is 2.12. The molecule has 0 spiro atoms. The zero-order valence-corrected chi connectivity index (χ0v) is 11.6. The van der Waals surface area contributed by atoms with Crippen molar-refractivity contribution in [3.05, 3.63) is 35.9 Å². The summed E-state index contributed by atoms with van der Waals surface area (Å²) in [5, 5.41) is 0. The van der Waals surface area contributed by atoms with Crippen molar-refractivity contribution in [2.75, 3.05) is 0 Å². The molecule has 0 N–H and O–H groups in total. The summed E-state index contributed by atoms with van der Waals surface area (Å²) >= 11 is 0. The maximum Gasteiger partial charge on any atom is 0.469 e. The van der Waals surface area contributed by atoms with E-state index in [0.29, 0.717) is 6.32 Å². The third kappa shape index (κ3) is 6.49. The highest BCUT2D eigenvalue weighted by molar-refractivity contribution is 6.45. The quantitative estimate of drug-likeness (QED) is 0.584. The van der Waals surface area contributed by atoms with Crippen LogP contribution in [0.3, 0.4) is 0 Å². The van der Waals surface area contributed by atoms with Gasteiger partial charge in [0.15, 0.2) is 0 Å². The van der Waals surface area contributed by atoms with Crippen LogP contribution in [0.15, 0.2) is 30.3 Å². The zero-order valence-electron chi connectivity index (χ0n) is 11.6. The summed E-state index contributed by atoms with van der Waals surface area (Å²) in [4.78, 5) is 0. The summed E-state index contributed by atoms with van der Waals surface area (Å²) in [6.45, 7) is 8.01. The first-order valence-electron chi connectivity index (χ1n) is 6.42. The molecule has 1 rings (SSSR count). The molecule has 18 heavy (non-hydrogen) atoms.